The van der Waals surface area contributed by atoms with Crippen molar-refractivity contribution in [2.24, 2.45) is 0 Å². The molecule has 2 rings (SSSR count). The number of rotatable bonds is 7. The van der Waals surface area contributed by atoms with Crippen LogP contribution in [0.2, 0.25) is 5.02 Å². The van der Waals surface area contributed by atoms with Crippen molar-refractivity contribution in [1.82, 2.24) is 10.3 Å². The molecule has 0 spiro atoms. The Morgan fingerprint density at radius 3 is 2.67 bits per heavy atom. The molecule has 0 unspecified atom stereocenters. The molecular formula is C18H18ClF3N2O3. The van der Waals surface area contributed by atoms with Crippen LogP contribution in [0.1, 0.15) is 29.8 Å². The number of nitrogens with one attached hydrogen (secondary N) is 1. The highest BCUT2D eigenvalue weighted by molar-refractivity contribution is 6.32. The first-order valence-electron chi connectivity index (χ1n) is 8.03. The molecule has 0 bridgehead atoms. The van der Waals surface area contributed by atoms with E-state index >= 15 is 0 Å². The largest absolute Gasteiger partial charge is 0.484 e. The molecule has 1 amide bonds. The van der Waals surface area contributed by atoms with Crippen molar-refractivity contribution in [2.45, 2.75) is 32.7 Å². The number of carbonyl (C=O) groups is 1. The van der Waals surface area contributed by atoms with Crippen LogP contribution in [0.4, 0.5) is 13.2 Å². The Balaban J connectivity index is 1.96. The molecule has 5 nitrogen and oxygen atoms in total. The Bertz CT molecular complexity index is 798. The summed E-state index contributed by atoms with van der Waals surface area (Å²) in [6, 6.07) is 7.48. The maximum absolute atomic E-state index is 12.2. The molecule has 0 radical (unpaired) electrons. The van der Waals surface area contributed by atoms with Gasteiger partial charge in [-0.25, -0.2) is 4.98 Å². The molecule has 0 atom stereocenters. The summed E-state index contributed by atoms with van der Waals surface area (Å²) in [5.74, 6) is -0.126. The van der Waals surface area contributed by atoms with Gasteiger partial charge in [-0.05, 0) is 37.6 Å². The Kier molecular flexibility index (Phi) is 6.90. The van der Waals surface area contributed by atoms with E-state index in [4.69, 9.17) is 16.3 Å². The number of pyridine rings is 1. The van der Waals surface area contributed by atoms with E-state index in [9.17, 15) is 18.0 Å². The predicted molar refractivity (Wildman–Crippen MR) is 94.2 cm³/mol. The third-order valence-corrected chi connectivity index (χ3v) is 3.44. The summed E-state index contributed by atoms with van der Waals surface area (Å²) < 4.78 is 46.7. The number of aromatic nitrogens is 1. The molecule has 0 saturated carbocycles. The summed E-state index contributed by atoms with van der Waals surface area (Å²) in [6.07, 6.45) is -3.19. The van der Waals surface area contributed by atoms with E-state index in [1.54, 1.807) is 12.1 Å². The van der Waals surface area contributed by atoms with Crippen molar-refractivity contribution in [3.05, 3.63) is 52.7 Å². The van der Waals surface area contributed by atoms with Gasteiger partial charge in [-0.3, -0.25) is 4.79 Å². The quantitative estimate of drug-likeness (QED) is 0.746. The lowest BCUT2D eigenvalue weighted by Gasteiger charge is -2.12. The summed E-state index contributed by atoms with van der Waals surface area (Å²) in [4.78, 5) is 16.2. The second kappa shape index (κ2) is 8.94. The first kappa shape index (κ1) is 20.8. The smallest absolute Gasteiger partial charge is 0.422 e. The fraction of sp³-hybridized carbons (Fsp3) is 0.333. The van der Waals surface area contributed by atoms with Crippen LogP contribution >= 0.6 is 11.6 Å². The van der Waals surface area contributed by atoms with Crippen LogP contribution < -0.4 is 14.8 Å². The van der Waals surface area contributed by atoms with E-state index in [2.05, 4.69) is 15.0 Å². The first-order valence-corrected chi connectivity index (χ1v) is 8.41. The number of benzene rings is 1. The number of amides is 1. The molecule has 2 aromatic rings. The van der Waals surface area contributed by atoms with E-state index in [0.29, 0.717) is 5.56 Å². The lowest BCUT2D eigenvalue weighted by Crippen LogP contribution is -2.23. The average molecular weight is 403 g/mol. The highest BCUT2D eigenvalue weighted by atomic mass is 35.5. The third-order valence-electron chi connectivity index (χ3n) is 3.17. The minimum Gasteiger partial charge on any atom is -0.484 e. The molecule has 0 saturated heterocycles. The number of ether oxygens (including phenoxy) is 2. The molecule has 146 valence electrons. The fourth-order valence-corrected chi connectivity index (χ4v) is 2.27. The molecule has 1 heterocycles. The van der Waals surface area contributed by atoms with Gasteiger partial charge < -0.3 is 14.8 Å². The zero-order valence-corrected chi connectivity index (χ0v) is 15.4. The number of alkyl halides is 3. The molecule has 0 fully saturated rings. The van der Waals surface area contributed by atoms with Gasteiger partial charge in [-0.2, -0.15) is 13.2 Å². The number of hydrogen-bond acceptors (Lipinski definition) is 4. The van der Waals surface area contributed by atoms with E-state index in [-0.39, 0.29) is 34.9 Å². The number of halogens is 4. The SMILES string of the molecule is CC(C)Oc1ncc(C(=O)NCc2cccc(OCC(F)(F)F)c2)cc1Cl. The van der Waals surface area contributed by atoms with Gasteiger partial charge >= 0.3 is 6.18 Å². The number of nitrogens with zero attached hydrogens (tertiary/aromatic N) is 1. The van der Waals surface area contributed by atoms with Crippen LogP contribution in [0.25, 0.3) is 0 Å². The van der Waals surface area contributed by atoms with E-state index in [1.165, 1.54) is 24.4 Å². The Morgan fingerprint density at radius 2 is 2.04 bits per heavy atom. The van der Waals surface area contributed by atoms with Gasteiger partial charge in [-0.1, -0.05) is 23.7 Å². The minimum atomic E-state index is -4.41. The van der Waals surface area contributed by atoms with Crippen molar-refractivity contribution in [3.8, 4) is 11.6 Å². The average Bonchev–Trinajstić information content (AvgIpc) is 2.59. The maximum Gasteiger partial charge on any atom is 0.422 e. The molecule has 0 aliphatic heterocycles. The van der Waals surface area contributed by atoms with E-state index in [0.717, 1.165) is 0 Å². The summed E-state index contributed by atoms with van der Waals surface area (Å²) >= 11 is 6.05. The highest BCUT2D eigenvalue weighted by Gasteiger charge is 2.28. The monoisotopic (exact) mass is 402 g/mol. The topological polar surface area (TPSA) is 60.5 Å². The maximum atomic E-state index is 12.2. The summed E-state index contributed by atoms with van der Waals surface area (Å²) in [6.45, 7) is 2.37. The predicted octanol–water partition coefficient (Wildman–Crippen LogP) is 4.39. The van der Waals surface area contributed by atoms with Crippen LogP contribution in [0, 0.1) is 0 Å². The Labute approximate surface area is 159 Å². The van der Waals surface area contributed by atoms with Gasteiger partial charge in [0.1, 0.15) is 10.8 Å². The van der Waals surface area contributed by atoms with Crippen LogP contribution in [0.15, 0.2) is 36.5 Å². The van der Waals surface area contributed by atoms with Crippen molar-refractivity contribution in [2.75, 3.05) is 6.61 Å². The number of hydrogen-bond donors (Lipinski definition) is 1. The van der Waals surface area contributed by atoms with Crippen LogP contribution in [-0.2, 0) is 6.54 Å². The molecule has 27 heavy (non-hydrogen) atoms. The van der Waals surface area contributed by atoms with Crippen molar-refractivity contribution < 1.29 is 27.4 Å². The molecule has 1 aromatic carbocycles. The van der Waals surface area contributed by atoms with Gasteiger partial charge in [-0.15, -0.1) is 0 Å². The summed E-state index contributed by atoms with van der Waals surface area (Å²) in [5.41, 5.74) is 0.822. The number of carbonyl (C=O) groups excluding carboxylic acids is 1. The normalized spacial score (nSPS) is 11.4. The lowest BCUT2D eigenvalue weighted by molar-refractivity contribution is -0.153. The Morgan fingerprint density at radius 1 is 1.30 bits per heavy atom. The first-order chi connectivity index (χ1) is 12.6. The highest BCUT2D eigenvalue weighted by Crippen LogP contribution is 2.23. The standard InChI is InChI=1S/C18H18ClF3N2O3/c1-11(2)27-17-15(19)7-13(9-24-17)16(25)23-8-12-4-3-5-14(6-12)26-10-18(20,21)22/h3-7,9,11H,8,10H2,1-2H3,(H,23,25). The fourth-order valence-electron chi connectivity index (χ4n) is 2.05. The second-order valence-electron chi connectivity index (χ2n) is 5.91. The second-order valence-corrected chi connectivity index (χ2v) is 6.32. The molecule has 1 aromatic heterocycles. The van der Waals surface area contributed by atoms with Gasteiger partial charge in [0.05, 0.1) is 11.7 Å². The van der Waals surface area contributed by atoms with Gasteiger partial charge in [0.25, 0.3) is 5.91 Å². The molecule has 1 N–H and O–H groups in total. The lowest BCUT2D eigenvalue weighted by atomic mass is 10.2. The van der Waals surface area contributed by atoms with E-state index in [1.807, 2.05) is 13.8 Å². The third kappa shape index (κ3) is 6.97. The molecular weight excluding hydrogens is 385 g/mol. The van der Waals surface area contributed by atoms with Gasteiger partial charge in [0.15, 0.2) is 6.61 Å². The summed E-state index contributed by atoms with van der Waals surface area (Å²) in [7, 11) is 0. The summed E-state index contributed by atoms with van der Waals surface area (Å²) in [5, 5.41) is 2.85. The zero-order valence-electron chi connectivity index (χ0n) is 14.6. The van der Waals surface area contributed by atoms with Gasteiger partial charge in [0, 0.05) is 12.7 Å². The minimum absolute atomic E-state index is 0.0685. The zero-order chi connectivity index (χ0) is 20.0. The van der Waals surface area contributed by atoms with Crippen molar-refractivity contribution >= 4 is 17.5 Å². The van der Waals surface area contributed by atoms with E-state index < -0.39 is 18.7 Å². The Hall–Kier alpha value is -2.48. The molecule has 0 aliphatic rings. The van der Waals surface area contributed by atoms with Crippen LogP contribution in [0.5, 0.6) is 11.6 Å². The van der Waals surface area contributed by atoms with Crippen molar-refractivity contribution in [3.63, 3.8) is 0 Å². The van der Waals surface area contributed by atoms with Crippen molar-refractivity contribution in [1.29, 1.82) is 0 Å². The van der Waals surface area contributed by atoms with Crippen LogP contribution in [0.3, 0.4) is 0 Å². The van der Waals surface area contributed by atoms with Crippen LogP contribution in [-0.4, -0.2) is 29.8 Å². The van der Waals surface area contributed by atoms with Gasteiger partial charge in [0.2, 0.25) is 5.88 Å². The molecule has 9 heteroatoms. The molecule has 0 aliphatic carbocycles.